The highest BCUT2D eigenvalue weighted by molar-refractivity contribution is 6.28. The van der Waals surface area contributed by atoms with Gasteiger partial charge in [0.25, 0.3) is 0 Å². The molecule has 24 heavy (non-hydrogen) atoms. The number of ether oxygens (including phenoxy) is 1. The second-order valence-electron chi connectivity index (χ2n) is 7.31. The first-order valence-corrected chi connectivity index (χ1v) is 8.42. The number of hydrogen-bond acceptors (Lipinski definition) is 4. The zero-order chi connectivity index (χ0) is 18.1. The van der Waals surface area contributed by atoms with E-state index in [1.165, 1.54) is 0 Å². The van der Waals surface area contributed by atoms with Crippen LogP contribution in [0.25, 0.3) is 11.0 Å². The molecule has 0 unspecified atom stereocenters. The number of fused-ring (bicyclic) bond motifs is 1. The summed E-state index contributed by atoms with van der Waals surface area (Å²) in [5.74, 6) is 0.228. The van der Waals surface area contributed by atoms with Crippen molar-refractivity contribution in [2.24, 2.45) is 5.92 Å². The first kappa shape index (κ1) is 18.5. The number of amides is 1. The van der Waals surface area contributed by atoms with Crippen molar-refractivity contribution in [2.45, 2.75) is 59.7 Å². The molecule has 1 amide bonds. The van der Waals surface area contributed by atoms with Crippen LogP contribution in [-0.4, -0.2) is 32.3 Å². The van der Waals surface area contributed by atoms with E-state index in [1.807, 2.05) is 38.3 Å². The van der Waals surface area contributed by atoms with E-state index in [0.717, 1.165) is 16.7 Å². The van der Waals surface area contributed by atoms with Crippen molar-refractivity contribution >= 4 is 28.7 Å². The SMILES string of the molecule is Cc1cc2cnc(Cl)nc2n1C[C@@H](NC(=O)OC(C)(C)C)C(C)C. The number of aryl methyl sites for hydroxylation is 1. The van der Waals surface area contributed by atoms with Gasteiger partial charge in [0.2, 0.25) is 5.28 Å². The Kier molecular flexibility index (Phi) is 5.38. The molecule has 2 heterocycles. The number of aromatic nitrogens is 3. The average Bonchev–Trinajstić information content (AvgIpc) is 2.72. The molecule has 0 aromatic carbocycles. The molecule has 6 nitrogen and oxygen atoms in total. The van der Waals surface area contributed by atoms with Crippen LogP contribution < -0.4 is 5.32 Å². The summed E-state index contributed by atoms with van der Waals surface area (Å²) >= 11 is 5.93. The summed E-state index contributed by atoms with van der Waals surface area (Å²) in [6.45, 7) is 12.2. The maximum atomic E-state index is 12.1. The Balaban J connectivity index is 2.24. The van der Waals surface area contributed by atoms with Crippen molar-refractivity contribution in [3.63, 3.8) is 0 Å². The lowest BCUT2D eigenvalue weighted by Crippen LogP contribution is -2.44. The Morgan fingerprint density at radius 2 is 2.08 bits per heavy atom. The molecule has 132 valence electrons. The maximum Gasteiger partial charge on any atom is 0.407 e. The minimum Gasteiger partial charge on any atom is -0.444 e. The van der Waals surface area contributed by atoms with Gasteiger partial charge in [-0.05, 0) is 51.3 Å². The highest BCUT2D eigenvalue weighted by Crippen LogP contribution is 2.20. The van der Waals surface area contributed by atoms with Gasteiger partial charge in [0, 0.05) is 23.8 Å². The van der Waals surface area contributed by atoms with Crippen LogP contribution in [0.3, 0.4) is 0 Å². The third-order valence-corrected chi connectivity index (χ3v) is 3.88. The zero-order valence-corrected chi connectivity index (χ0v) is 15.8. The van der Waals surface area contributed by atoms with Crippen molar-refractivity contribution in [3.8, 4) is 0 Å². The highest BCUT2D eigenvalue weighted by Gasteiger charge is 2.23. The first-order chi connectivity index (χ1) is 11.1. The molecule has 2 aromatic rings. The number of halogens is 1. The zero-order valence-electron chi connectivity index (χ0n) is 15.1. The van der Waals surface area contributed by atoms with Crippen molar-refractivity contribution in [1.29, 1.82) is 0 Å². The molecule has 0 saturated carbocycles. The first-order valence-electron chi connectivity index (χ1n) is 8.04. The predicted molar refractivity (Wildman–Crippen MR) is 95.3 cm³/mol. The maximum absolute atomic E-state index is 12.1. The Labute approximate surface area is 147 Å². The van der Waals surface area contributed by atoms with E-state index in [0.29, 0.717) is 6.54 Å². The summed E-state index contributed by atoms with van der Waals surface area (Å²) in [4.78, 5) is 20.5. The Morgan fingerprint density at radius 3 is 2.67 bits per heavy atom. The number of carbonyl (C=O) groups is 1. The fourth-order valence-corrected chi connectivity index (χ4v) is 2.59. The Hall–Kier alpha value is -1.82. The number of carbonyl (C=O) groups excluding carboxylic acids is 1. The van der Waals surface area contributed by atoms with Gasteiger partial charge in [-0.3, -0.25) is 0 Å². The molecule has 0 spiro atoms. The second-order valence-corrected chi connectivity index (χ2v) is 7.65. The van der Waals surface area contributed by atoms with E-state index in [1.54, 1.807) is 6.20 Å². The molecule has 0 aliphatic heterocycles. The summed E-state index contributed by atoms with van der Waals surface area (Å²) in [6, 6.07) is 1.92. The molecule has 0 aliphatic rings. The Bertz CT molecular complexity index is 734. The predicted octanol–water partition coefficient (Wildman–Crippen LogP) is 3.94. The molecule has 1 atom stereocenters. The summed E-state index contributed by atoms with van der Waals surface area (Å²) < 4.78 is 7.41. The summed E-state index contributed by atoms with van der Waals surface area (Å²) in [6.07, 6.45) is 1.29. The molecular weight excluding hydrogens is 328 g/mol. The molecule has 0 aliphatic carbocycles. The van der Waals surface area contributed by atoms with Crippen LogP contribution >= 0.6 is 11.6 Å². The Morgan fingerprint density at radius 1 is 1.42 bits per heavy atom. The van der Waals surface area contributed by atoms with E-state index >= 15 is 0 Å². The van der Waals surface area contributed by atoms with Crippen molar-refractivity contribution in [1.82, 2.24) is 19.9 Å². The van der Waals surface area contributed by atoms with Crippen molar-refractivity contribution in [3.05, 3.63) is 23.2 Å². The number of nitrogens with one attached hydrogen (secondary N) is 1. The fourth-order valence-electron chi connectivity index (χ4n) is 2.46. The molecule has 2 rings (SSSR count). The smallest absolute Gasteiger partial charge is 0.407 e. The van der Waals surface area contributed by atoms with Crippen LogP contribution in [-0.2, 0) is 11.3 Å². The number of hydrogen-bond donors (Lipinski definition) is 1. The van der Waals surface area contributed by atoms with Gasteiger partial charge in [0.15, 0.2) is 0 Å². The molecule has 0 saturated heterocycles. The number of rotatable bonds is 4. The van der Waals surface area contributed by atoms with Crippen LogP contribution in [0.2, 0.25) is 5.28 Å². The van der Waals surface area contributed by atoms with Gasteiger partial charge in [-0.25, -0.2) is 9.78 Å². The molecular formula is C17H25ClN4O2. The van der Waals surface area contributed by atoms with Gasteiger partial charge < -0.3 is 14.6 Å². The van der Waals surface area contributed by atoms with E-state index in [-0.39, 0.29) is 17.2 Å². The monoisotopic (exact) mass is 352 g/mol. The minimum atomic E-state index is -0.525. The van der Waals surface area contributed by atoms with E-state index in [4.69, 9.17) is 16.3 Å². The van der Waals surface area contributed by atoms with E-state index < -0.39 is 11.7 Å². The summed E-state index contributed by atoms with van der Waals surface area (Å²) in [7, 11) is 0. The van der Waals surface area contributed by atoms with Gasteiger partial charge in [0.1, 0.15) is 11.2 Å². The normalized spacial score (nSPS) is 13.3. The molecule has 7 heteroatoms. The molecule has 0 fully saturated rings. The second kappa shape index (κ2) is 6.97. The van der Waals surface area contributed by atoms with E-state index in [9.17, 15) is 4.79 Å². The topological polar surface area (TPSA) is 69.0 Å². The lowest BCUT2D eigenvalue weighted by Gasteiger charge is -2.26. The van der Waals surface area contributed by atoms with Crippen LogP contribution in [0.1, 0.15) is 40.3 Å². The molecule has 0 bridgehead atoms. The quantitative estimate of drug-likeness (QED) is 0.846. The molecule has 0 radical (unpaired) electrons. The standard InChI is InChI=1S/C17H25ClN4O2/c1-10(2)13(20-16(23)24-17(4,5)6)9-22-11(3)7-12-8-19-15(18)21-14(12)22/h7-8,10,13H,9H2,1-6H3,(H,20,23)/t13-/m1/s1. The van der Waals surface area contributed by atoms with Crippen LogP contribution in [0.15, 0.2) is 12.3 Å². The molecule has 1 N–H and O–H groups in total. The van der Waals surface area contributed by atoms with E-state index in [2.05, 4.69) is 29.1 Å². The number of nitrogens with zero attached hydrogens (tertiary/aromatic N) is 3. The van der Waals surface area contributed by atoms with Gasteiger partial charge in [-0.15, -0.1) is 0 Å². The van der Waals surface area contributed by atoms with Gasteiger partial charge in [-0.2, -0.15) is 4.98 Å². The third kappa shape index (κ3) is 4.60. The lowest BCUT2D eigenvalue weighted by atomic mass is 10.0. The lowest BCUT2D eigenvalue weighted by molar-refractivity contribution is 0.0484. The molecule has 2 aromatic heterocycles. The van der Waals surface area contributed by atoms with Crippen LogP contribution in [0.4, 0.5) is 4.79 Å². The van der Waals surface area contributed by atoms with Crippen molar-refractivity contribution in [2.75, 3.05) is 0 Å². The minimum absolute atomic E-state index is 0.0945. The summed E-state index contributed by atoms with van der Waals surface area (Å²) in [5, 5.41) is 4.10. The van der Waals surface area contributed by atoms with Crippen LogP contribution in [0, 0.1) is 12.8 Å². The largest absolute Gasteiger partial charge is 0.444 e. The summed E-state index contributed by atoms with van der Waals surface area (Å²) in [5.41, 5.74) is 1.28. The van der Waals surface area contributed by atoms with Gasteiger partial charge >= 0.3 is 6.09 Å². The van der Waals surface area contributed by atoms with Crippen LogP contribution in [0.5, 0.6) is 0 Å². The third-order valence-electron chi connectivity index (χ3n) is 3.70. The fraction of sp³-hybridized carbons (Fsp3) is 0.588. The van der Waals surface area contributed by atoms with Gasteiger partial charge in [-0.1, -0.05) is 13.8 Å². The highest BCUT2D eigenvalue weighted by atomic mass is 35.5. The van der Waals surface area contributed by atoms with Crippen molar-refractivity contribution < 1.29 is 9.53 Å². The number of alkyl carbamates (subject to hydrolysis) is 1. The average molecular weight is 353 g/mol. The van der Waals surface area contributed by atoms with Gasteiger partial charge in [0.05, 0.1) is 6.04 Å².